The van der Waals surface area contributed by atoms with Crippen LogP contribution in [0.4, 0.5) is 0 Å². The molecule has 1 fully saturated rings. The second-order valence-electron chi connectivity index (χ2n) is 5.18. The zero-order valence-corrected chi connectivity index (χ0v) is 11.5. The molecule has 1 atom stereocenters. The largest absolute Gasteiger partial charge is 0.497 e. The third kappa shape index (κ3) is 2.60. The molecule has 1 N–H and O–H groups in total. The molecular formula is C15H20N2O2. The first-order valence-corrected chi connectivity index (χ1v) is 6.75. The van der Waals surface area contributed by atoms with Gasteiger partial charge in [-0.2, -0.15) is 0 Å². The van der Waals surface area contributed by atoms with E-state index in [4.69, 9.17) is 9.15 Å². The van der Waals surface area contributed by atoms with Gasteiger partial charge in [-0.05, 0) is 44.8 Å². The van der Waals surface area contributed by atoms with Crippen molar-refractivity contribution in [2.45, 2.75) is 12.5 Å². The van der Waals surface area contributed by atoms with E-state index in [0.29, 0.717) is 0 Å². The predicted molar refractivity (Wildman–Crippen MR) is 75.6 cm³/mol. The lowest BCUT2D eigenvalue weighted by atomic mass is 10.2. The highest BCUT2D eigenvalue weighted by Crippen LogP contribution is 2.28. The van der Waals surface area contributed by atoms with Crippen LogP contribution in [0, 0.1) is 0 Å². The van der Waals surface area contributed by atoms with Crippen LogP contribution < -0.4 is 10.1 Å². The number of furan rings is 1. The Balaban J connectivity index is 1.91. The second kappa shape index (κ2) is 5.23. The molecule has 0 saturated carbocycles. The molecule has 102 valence electrons. The van der Waals surface area contributed by atoms with Gasteiger partial charge < -0.3 is 19.4 Å². The fraction of sp³-hybridized carbons (Fsp3) is 0.467. The van der Waals surface area contributed by atoms with Gasteiger partial charge >= 0.3 is 0 Å². The lowest BCUT2D eigenvalue weighted by Gasteiger charge is -2.18. The number of methoxy groups -OCH3 is 1. The van der Waals surface area contributed by atoms with Crippen molar-refractivity contribution in [3.05, 3.63) is 30.0 Å². The molecule has 19 heavy (non-hydrogen) atoms. The van der Waals surface area contributed by atoms with Crippen molar-refractivity contribution in [1.29, 1.82) is 0 Å². The number of hydrogen-bond acceptors (Lipinski definition) is 4. The van der Waals surface area contributed by atoms with E-state index in [2.05, 4.69) is 23.3 Å². The third-order valence-corrected chi connectivity index (χ3v) is 3.69. The minimum absolute atomic E-state index is 0.269. The number of ether oxygens (including phenoxy) is 1. The molecule has 1 unspecified atom stereocenters. The monoisotopic (exact) mass is 260 g/mol. The van der Waals surface area contributed by atoms with Crippen LogP contribution in [0.3, 0.4) is 0 Å². The van der Waals surface area contributed by atoms with Crippen LogP contribution in [0.25, 0.3) is 11.0 Å². The maximum atomic E-state index is 5.98. The Morgan fingerprint density at radius 3 is 3.11 bits per heavy atom. The summed E-state index contributed by atoms with van der Waals surface area (Å²) in [6, 6.07) is 8.35. The molecule has 0 spiro atoms. The molecule has 4 heteroatoms. The van der Waals surface area contributed by atoms with E-state index >= 15 is 0 Å². The first kappa shape index (κ1) is 12.5. The van der Waals surface area contributed by atoms with Crippen LogP contribution in [0.1, 0.15) is 18.2 Å². The summed E-state index contributed by atoms with van der Waals surface area (Å²) in [5, 5.41) is 4.68. The van der Waals surface area contributed by atoms with Crippen LogP contribution in [0.2, 0.25) is 0 Å². The summed E-state index contributed by atoms with van der Waals surface area (Å²) < 4.78 is 11.2. The molecule has 2 heterocycles. The van der Waals surface area contributed by atoms with E-state index in [0.717, 1.165) is 42.1 Å². The van der Waals surface area contributed by atoms with Crippen molar-refractivity contribution in [2.24, 2.45) is 0 Å². The van der Waals surface area contributed by atoms with Crippen molar-refractivity contribution in [1.82, 2.24) is 10.2 Å². The van der Waals surface area contributed by atoms with E-state index in [1.165, 1.54) is 6.42 Å². The zero-order chi connectivity index (χ0) is 13.2. The Kier molecular flexibility index (Phi) is 3.44. The highest BCUT2D eigenvalue weighted by Gasteiger charge is 2.20. The lowest BCUT2D eigenvalue weighted by Crippen LogP contribution is -2.28. The smallest absolute Gasteiger partial charge is 0.138 e. The number of fused-ring (bicyclic) bond motifs is 1. The molecule has 3 rings (SSSR count). The van der Waals surface area contributed by atoms with Crippen molar-refractivity contribution in [3.63, 3.8) is 0 Å². The molecule has 1 aliphatic heterocycles. The quantitative estimate of drug-likeness (QED) is 0.900. The Hall–Kier alpha value is -1.52. The van der Waals surface area contributed by atoms with Gasteiger partial charge in [0.2, 0.25) is 0 Å². The maximum Gasteiger partial charge on any atom is 0.138 e. The lowest BCUT2D eigenvalue weighted by molar-refractivity contribution is 0.308. The van der Waals surface area contributed by atoms with Gasteiger partial charge in [-0.25, -0.2) is 0 Å². The Labute approximate surface area is 113 Å². The minimum Gasteiger partial charge on any atom is -0.497 e. The van der Waals surface area contributed by atoms with Crippen LogP contribution >= 0.6 is 0 Å². The predicted octanol–water partition coefficient (Wildman–Crippen LogP) is 2.41. The topological polar surface area (TPSA) is 37.6 Å². The van der Waals surface area contributed by atoms with Crippen LogP contribution in [0.15, 0.2) is 28.7 Å². The van der Waals surface area contributed by atoms with Gasteiger partial charge in [-0.3, -0.25) is 0 Å². The third-order valence-electron chi connectivity index (χ3n) is 3.69. The molecule has 2 aromatic rings. The molecule has 0 radical (unpaired) electrons. The van der Waals surface area contributed by atoms with Crippen LogP contribution in [-0.4, -0.2) is 38.7 Å². The molecule has 1 saturated heterocycles. The summed E-state index contributed by atoms with van der Waals surface area (Å²) >= 11 is 0. The number of benzene rings is 1. The van der Waals surface area contributed by atoms with Crippen molar-refractivity contribution in [2.75, 3.05) is 33.8 Å². The van der Waals surface area contributed by atoms with Gasteiger partial charge in [0.25, 0.3) is 0 Å². The van der Waals surface area contributed by atoms with Crippen LogP contribution in [0.5, 0.6) is 5.75 Å². The van der Waals surface area contributed by atoms with E-state index in [1.807, 2.05) is 18.2 Å². The molecule has 1 aromatic heterocycles. The van der Waals surface area contributed by atoms with Gasteiger partial charge in [0.1, 0.15) is 17.1 Å². The van der Waals surface area contributed by atoms with Gasteiger partial charge in [0.15, 0.2) is 0 Å². The normalized spacial score (nSPS) is 21.5. The SMILES string of the molecule is COc1ccc2cc(C3CN(C)CCCN3)oc2c1. The average molecular weight is 260 g/mol. The summed E-state index contributed by atoms with van der Waals surface area (Å²) in [6.45, 7) is 3.16. The fourth-order valence-electron chi connectivity index (χ4n) is 2.61. The van der Waals surface area contributed by atoms with Crippen LogP contribution in [-0.2, 0) is 0 Å². The van der Waals surface area contributed by atoms with E-state index in [9.17, 15) is 0 Å². The fourth-order valence-corrected chi connectivity index (χ4v) is 2.61. The Morgan fingerprint density at radius 1 is 1.37 bits per heavy atom. The van der Waals surface area contributed by atoms with Gasteiger partial charge in [0, 0.05) is 18.0 Å². The highest BCUT2D eigenvalue weighted by molar-refractivity contribution is 5.79. The summed E-state index contributed by atoms with van der Waals surface area (Å²) in [7, 11) is 3.83. The average Bonchev–Trinajstić information content (AvgIpc) is 2.72. The number of nitrogens with zero attached hydrogens (tertiary/aromatic N) is 1. The Bertz CT molecular complexity index is 564. The van der Waals surface area contributed by atoms with Gasteiger partial charge in [0.05, 0.1) is 13.2 Å². The number of hydrogen-bond donors (Lipinski definition) is 1. The standard InChI is InChI=1S/C15H20N2O2/c1-17-7-3-6-16-13(10-17)15-8-11-4-5-12(18-2)9-14(11)19-15/h4-5,8-9,13,16H,3,6-7,10H2,1-2H3. The van der Waals surface area contributed by atoms with E-state index in [1.54, 1.807) is 7.11 Å². The molecule has 1 aliphatic rings. The van der Waals surface area contributed by atoms with Gasteiger partial charge in [-0.1, -0.05) is 0 Å². The summed E-state index contributed by atoms with van der Waals surface area (Å²) in [5.74, 6) is 1.84. The van der Waals surface area contributed by atoms with Crippen molar-refractivity contribution in [3.8, 4) is 5.75 Å². The highest BCUT2D eigenvalue weighted by atomic mass is 16.5. The van der Waals surface area contributed by atoms with Crippen molar-refractivity contribution < 1.29 is 9.15 Å². The second-order valence-corrected chi connectivity index (χ2v) is 5.18. The zero-order valence-electron chi connectivity index (χ0n) is 11.5. The molecule has 4 nitrogen and oxygen atoms in total. The van der Waals surface area contributed by atoms with E-state index in [-0.39, 0.29) is 6.04 Å². The summed E-state index contributed by atoms with van der Waals surface area (Å²) in [5.41, 5.74) is 0.892. The maximum absolute atomic E-state index is 5.98. The molecule has 0 bridgehead atoms. The summed E-state index contributed by atoms with van der Waals surface area (Å²) in [6.07, 6.45) is 1.18. The summed E-state index contributed by atoms with van der Waals surface area (Å²) in [4.78, 5) is 2.35. The first-order chi connectivity index (χ1) is 9.26. The Morgan fingerprint density at radius 2 is 2.26 bits per heavy atom. The molecule has 0 aliphatic carbocycles. The van der Waals surface area contributed by atoms with Crippen molar-refractivity contribution >= 4 is 11.0 Å². The number of likely N-dealkylation sites (N-methyl/N-ethyl adjacent to an activating group) is 1. The molecule has 1 aromatic carbocycles. The van der Waals surface area contributed by atoms with Gasteiger partial charge in [-0.15, -0.1) is 0 Å². The first-order valence-electron chi connectivity index (χ1n) is 6.75. The molecule has 0 amide bonds. The number of rotatable bonds is 2. The number of nitrogens with one attached hydrogen (secondary N) is 1. The van der Waals surface area contributed by atoms with E-state index < -0.39 is 0 Å². The molecular weight excluding hydrogens is 240 g/mol. The minimum atomic E-state index is 0.269.